The number of carboxylic acid groups (broad SMARTS) is 1. The van der Waals surface area contributed by atoms with Crippen molar-refractivity contribution in [2.24, 2.45) is 0 Å². The lowest BCUT2D eigenvalue weighted by molar-refractivity contribution is -0.304. The first-order chi connectivity index (χ1) is 10.1. The predicted molar refractivity (Wildman–Crippen MR) is 78.7 cm³/mol. The number of carbonyl (C=O) groups excluding carboxylic acids is 1. The molecule has 0 spiro atoms. The van der Waals surface area contributed by atoms with Crippen LogP contribution in [-0.4, -0.2) is 11.0 Å². The number of oxazole rings is 1. The topological polar surface area (TPSA) is 66.2 Å². The highest BCUT2D eigenvalue weighted by Crippen LogP contribution is 2.33. The summed E-state index contributed by atoms with van der Waals surface area (Å²) < 4.78 is 5.84. The van der Waals surface area contributed by atoms with Crippen LogP contribution in [-0.2, 0) is 11.2 Å². The fourth-order valence-electron chi connectivity index (χ4n) is 2.14. The molecule has 0 aliphatic carbocycles. The highest BCUT2D eigenvalue weighted by atomic mass is 32.1. The Morgan fingerprint density at radius 2 is 2.10 bits per heavy atom. The second-order valence-electron chi connectivity index (χ2n) is 4.64. The number of hydrogen-bond donors (Lipinski definition) is 0. The second-order valence-corrected chi connectivity index (χ2v) is 5.58. The van der Waals surface area contributed by atoms with Crippen LogP contribution in [0, 0.1) is 6.92 Å². The van der Waals surface area contributed by atoms with Crippen molar-refractivity contribution in [2.45, 2.75) is 13.3 Å². The van der Waals surface area contributed by atoms with Gasteiger partial charge < -0.3 is 14.3 Å². The fraction of sp³-hybridized carbons (Fsp3) is 0.125. The van der Waals surface area contributed by atoms with E-state index in [-0.39, 0.29) is 6.42 Å². The summed E-state index contributed by atoms with van der Waals surface area (Å²) in [5, 5.41) is 12.8. The van der Waals surface area contributed by atoms with Gasteiger partial charge in [0, 0.05) is 18.0 Å². The van der Waals surface area contributed by atoms with E-state index in [2.05, 4.69) is 4.98 Å². The summed E-state index contributed by atoms with van der Waals surface area (Å²) in [6.07, 6.45) is -0.261. The van der Waals surface area contributed by atoms with Crippen LogP contribution in [0.3, 0.4) is 0 Å². The Morgan fingerprint density at radius 1 is 1.29 bits per heavy atom. The Hall–Kier alpha value is -2.40. The highest BCUT2D eigenvalue weighted by Gasteiger charge is 2.18. The first-order valence-corrected chi connectivity index (χ1v) is 7.32. The zero-order valence-electron chi connectivity index (χ0n) is 11.3. The molecule has 1 aromatic carbocycles. The van der Waals surface area contributed by atoms with Crippen LogP contribution in [0.2, 0.25) is 0 Å². The van der Waals surface area contributed by atoms with Gasteiger partial charge in [-0.3, -0.25) is 0 Å². The third-order valence-corrected chi connectivity index (χ3v) is 4.00. The van der Waals surface area contributed by atoms with E-state index in [1.165, 1.54) is 11.3 Å². The van der Waals surface area contributed by atoms with E-state index < -0.39 is 5.97 Å². The summed E-state index contributed by atoms with van der Waals surface area (Å²) in [4.78, 5) is 16.1. The van der Waals surface area contributed by atoms with Gasteiger partial charge in [0.1, 0.15) is 0 Å². The van der Waals surface area contributed by atoms with E-state index in [4.69, 9.17) is 4.42 Å². The van der Waals surface area contributed by atoms with Crippen molar-refractivity contribution in [1.29, 1.82) is 0 Å². The molecule has 0 N–H and O–H groups in total. The van der Waals surface area contributed by atoms with Crippen LogP contribution in [0.4, 0.5) is 0 Å². The average molecular weight is 298 g/mol. The maximum Gasteiger partial charge on any atom is 0.227 e. The number of aliphatic carboxylic acids is 1. The number of benzene rings is 1. The van der Waals surface area contributed by atoms with Gasteiger partial charge in [-0.2, -0.15) is 0 Å². The minimum Gasteiger partial charge on any atom is -0.550 e. The van der Waals surface area contributed by atoms with E-state index in [1.54, 1.807) is 0 Å². The molecule has 0 atom stereocenters. The first-order valence-electron chi connectivity index (χ1n) is 6.44. The molecule has 3 aromatic rings. The second kappa shape index (κ2) is 5.54. The standard InChI is InChI=1S/C16H13NO3S/c1-10-5-2-3-6-11(10)16-17-12(9-14(18)19)15(20-16)13-7-4-8-21-13/h2-8H,9H2,1H3,(H,18,19)/p-1. The predicted octanol–water partition coefficient (Wildman–Crippen LogP) is 2.67. The van der Waals surface area contributed by atoms with Crippen molar-refractivity contribution >= 4 is 17.3 Å². The monoisotopic (exact) mass is 298 g/mol. The first kappa shape index (κ1) is 13.6. The molecule has 0 saturated heterocycles. The smallest absolute Gasteiger partial charge is 0.227 e. The van der Waals surface area contributed by atoms with E-state index in [1.807, 2.05) is 48.7 Å². The molecule has 0 fully saturated rings. The van der Waals surface area contributed by atoms with E-state index in [9.17, 15) is 9.90 Å². The molecule has 0 aliphatic heterocycles. The van der Waals surface area contributed by atoms with Crippen LogP contribution in [0.5, 0.6) is 0 Å². The lowest BCUT2D eigenvalue weighted by Gasteiger charge is -1.99. The van der Waals surface area contributed by atoms with Crippen LogP contribution in [0.1, 0.15) is 11.3 Å². The van der Waals surface area contributed by atoms with E-state index >= 15 is 0 Å². The molecule has 106 valence electrons. The number of aryl methyl sites for hydroxylation is 1. The minimum atomic E-state index is -1.17. The summed E-state index contributed by atoms with van der Waals surface area (Å²) in [5.41, 5.74) is 2.28. The van der Waals surface area contributed by atoms with Gasteiger partial charge in [0.05, 0.1) is 10.6 Å². The molecular weight excluding hydrogens is 286 g/mol. The van der Waals surface area contributed by atoms with Crippen molar-refractivity contribution in [3.8, 4) is 22.1 Å². The van der Waals surface area contributed by atoms with Crippen molar-refractivity contribution in [1.82, 2.24) is 4.98 Å². The fourth-order valence-corrected chi connectivity index (χ4v) is 2.86. The summed E-state index contributed by atoms with van der Waals surface area (Å²) in [6.45, 7) is 1.96. The molecule has 5 heteroatoms. The zero-order valence-corrected chi connectivity index (χ0v) is 12.1. The maximum atomic E-state index is 10.9. The van der Waals surface area contributed by atoms with Crippen molar-refractivity contribution in [3.63, 3.8) is 0 Å². The highest BCUT2D eigenvalue weighted by molar-refractivity contribution is 7.13. The van der Waals surface area contributed by atoms with Gasteiger partial charge in [-0.05, 0) is 30.0 Å². The van der Waals surface area contributed by atoms with Crippen LogP contribution >= 0.6 is 11.3 Å². The largest absolute Gasteiger partial charge is 0.550 e. The third kappa shape index (κ3) is 2.73. The SMILES string of the molecule is Cc1ccccc1-c1nc(CC(=O)[O-])c(-c2cccs2)o1. The average Bonchev–Trinajstić information content (AvgIpc) is 3.07. The Kier molecular flexibility index (Phi) is 3.58. The molecule has 21 heavy (non-hydrogen) atoms. The number of thiophene rings is 1. The molecule has 0 radical (unpaired) electrons. The van der Waals surface area contributed by atoms with Gasteiger partial charge >= 0.3 is 0 Å². The lowest BCUT2D eigenvalue weighted by Crippen LogP contribution is -2.24. The number of nitrogens with zero attached hydrogens (tertiary/aromatic N) is 1. The summed E-state index contributed by atoms with van der Waals surface area (Å²) in [5.74, 6) is -0.224. The number of aromatic nitrogens is 1. The van der Waals surface area contributed by atoms with E-state index in [0.29, 0.717) is 17.3 Å². The molecule has 2 heterocycles. The zero-order chi connectivity index (χ0) is 14.8. The van der Waals surface area contributed by atoms with Crippen LogP contribution in [0.15, 0.2) is 46.2 Å². The number of carbonyl (C=O) groups is 1. The van der Waals surface area contributed by atoms with Gasteiger partial charge in [0.15, 0.2) is 5.76 Å². The van der Waals surface area contributed by atoms with Gasteiger partial charge in [-0.1, -0.05) is 24.3 Å². The molecule has 0 bridgehead atoms. The minimum absolute atomic E-state index is 0.261. The molecular formula is C16H12NO3S-. The molecule has 2 aromatic heterocycles. The number of rotatable bonds is 4. The Labute approximate surface area is 125 Å². The van der Waals surface area contributed by atoms with Crippen molar-refractivity contribution < 1.29 is 14.3 Å². The summed E-state index contributed by atoms with van der Waals surface area (Å²) in [6, 6.07) is 11.5. The van der Waals surface area contributed by atoms with Gasteiger partial charge in [-0.15, -0.1) is 11.3 Å². The molecule has 3 rings (SSSR count). The maximum absolute atomic E-state index is 10.9. The molecule has 0 unspecified atom stereocenters. The number of carboxylic acids is 1. The van der Waals surface area contributed by atoms with E-state index in [0.717, 1.165) is 16.0 Å². The van der Waals surface area contributed by atoms with Gasteiger partial charge in [0.2, 0.25) is 5.89 Å². The molecule has 0 aliphatic rings. The Morgan fingerprint density at radius 3 is 2.76 bits per heavy atom. The summed E-state index contributed by atoms with van der Waals surface area (Å²) in [7, 11) is 0. The molecule has 4 nitrogen and oxygen atoms in total. The van der Waals surface area contributed by atoms with Crippen molar-refractivity contribution in [3.05, 3.63) is 53.0 Å². The normalized spacial score (nSPS) is 10.7. The van der Waals surface area contributed by atoms with Crippen molar-refractivity contribution in [2.75, 3.05) is 0 Å². The van der Waals surface area contributed by atoms with Crippen LogP contribution in [0.25, 0.3) is 22.1 Å². The van der Waals surface area contributed by atoms with Gasteiger partial charge in [0.25, 0.3) is 0 Å². The summed E-state index contributed by atoms with van der Waals surface area (Å²) >= 11 is 1.48. The molecule has 0 saturated carbocycles. The van der Waals surface area contributed by atoms with Gasteiger partial charge in [-0.25, -0.2) is 4.98 Å². The third-order valence-electron chi connectivity index (χ3n) is 3.13. The lowest BCUT2D eigenvalue weighted by atomic mass is 10.1. The number of hydrogen-bond acceptors (Lipinski definition) is 5. The Bertz CT molecular complexity index is 775. The quantitative estimate of drug-likeness (QED) is 0.742. The molecule has 0 amide bonds. The Balaban J connectivity index is 2.12. The van der Waals surface area contributed by atoms with Crippen LogP contribution < -0.4 is 5.11 Å².